The number of anilines is 1. The first-order chi connectivity index (χ1) is 17.0. The molecular formula is C25H26Cl2N4O4. The van der Waals surface area contributed by atoms with Crippen molar-refractivity contribution < 1.29 is 19.0 Å². The minimum atomic E-state index is -0.535. The van der Waals surface area contributed by atoms with Crippen LogP contribution in [0.2, 0.25) is 10.0 Å². The summed E-state index contributed by atoms with van der Waals surface area (Å²) in [5, 5.41) is 8.57. The molecule has 0 spiro atoms. The summed E-state index contributed by atoms with van der Waals surface area (Å²) in [5.41, 5.74) is 2.93. The lowest BCUT2D eigenvalue weighted by Gasteiger charge is -2.29. The van der Waals surface area contributed by atoms with Crippen molar-refractivity contribution in [2.75, 3.05) is 19.0 Å². The zero-order valence-corrected chi connectivity index (χ0v) is 21.2. The first-order valence-electron chi connectivity index (χ1n) is 11.3. The van der Waals surface area contributed by atoms with E-state index in [1.807, 2.05) is 24.3 Å². The predicted molar refractivity (Wildman–Crippen MR) is 134 cm³/mol. The highest BCUT2D eigenvalue weighted by Gasteiger charge is 2.35. The second-order valence-corrected chi connectivity index (χ2v) is 8.68. The summed E-state index contributed by atoms with van der Waals surface area (Å²) in [4.78, 5) is 17.4. The first kappa shape index (κ1) is 24.9. The lowest BCUT2D eigenvalue weighted by atomic mass is 9.93. The number of aromatic nitrogens is 3. The van der Waals surface area contributed by atoms with Gasteiger partial charge < -0.3 is 19.5 Å². The fraction of sp³-hybridized carbons (Fsp3) is 0.320. The van der Waals surface area contributed by atoms with Gasteiger partial charge in [0.25, 0.3) is 0 Å². The summed E-state index contributed by atoms with van der Waals surface area (Å²) < 4.78 is 18.7. The molecule has 1 N–H and O–H groups in total. The minimum absolute atomic E-state index is 0.267. The van der Waals surface area contributed by atoms with Crippen LogP contribution >= 0.6 is 23.2 Å². The number of carbonyl (C=O) groups is 1. The largest absolute Gasteiger partial charge is 0.493 e. The van der Waals surface area contributed by atoms with Crippen molar-refractivity contribution in [3.8, 4) is 11.5 Å². The van der Waals surface area contributed by atoms with E-state index in [0.717, 1.165) is 23.2 Å². The van der Waals surface area contributed by atoms with Crippen LogP contribution in [0.15, 0.2) is 54.0 Å². The van der Waals surface area contributed by atoms with Gasteiger partial charge in [0.2, 0.25) is 5.95 Å². The molecule has 10 heteroatoms. The molecule has 0 saturated carbocycles. The zero-order valence-electron chi connectivity index (χ0n) is 19.7. The van der Waals surface area contributed by atoms with Gasteiger partial charge in [0, 0.05) is 5.70 Å². The fourth-order valence-corrected chi connectivity index (χ4v) is 4.30. The van der Waals surface area contributed by atoms with Gasteiger partial charge in [-0.15, -0.1) is 0 Å². The van der Waals surface area contributed by atoms with Gasteiger partial charge in [0.05, 0.1) is 29.3 Å². The molecule has 0 radical (unpaired) electrons. The molecule has 1 aromatic heterocycles. The molecule has 184 valence electrons. The number of fused-ring (bicyclic) bond motifs is 1. The van der Waals surface area contributed by atoms with Crippen molar-refractivity contribution in [2.24, 2.45) is 0 Å². The Hall–Kier alpha value is -3.23. The van der Waals surface area contributed by atoms with Gasteiger partial charge in [-0.1, -0.05) is 48.7 Å². The van der Waals surface area contributed by atoms with Crippen molar-refractivity contribution in [1.82, 2.24) is 14.8 Å². The van der Waals surface area contributed by atoms with Gasteiger partial charge in [-0.3, -0.25) is 0 Å². The van der Waals surface area contributed by atoms with Crippen molar-refractivity contribution >= 4 is 35.1 Å². The minimum Gasteiger partial charge on any atom is -0.493 e. The molecule has 2 aromatic carbocycles. The number of nitrogens with zero attached hydrogens (tertiary/aromatic N) is 3. The standard InChI is InChI=1S/C25H26Cl2N4O4/c1-4-6-19-22(24(32)34-5-2)23(31-25(30-19)28-14-29-31)16-8-10-20(21(12-16)33-3)35-13-15-7-9-17(26)18(27)11-15/h7-12,14,23H,4-6,13H2,1-3H3,(H,28,29,30)/t23-/m0/s1. The summed E-state index contributed by atoms with van der Waals surface area (Å²) >= 11 is 12.1. The van der Waals surface area contributed by atoms with Crippen LogP contribution in [0.25, 0.3) is 0 Å². The molecule has 0 bridgehead atoms. The Balaban J connectivity index is 1.70. The van der Waals surface area contributed by atoms with E-state index in [2.05, 4.69) is 22.3 Å². The molecule has 1 aliphatic rings. The molecule has 35 heavy (non-hydrogen) atoms. The van der Waals surface area contributed by atoms with Crippen molar-refractivity contribution in [3.63, 3.8) is 0 Å². The number of rotatable bonds is 9. The number of nitrogens with one attached hydrogen (secondary N) is 1. The van der Waals surface area contributed by atoms with E-state index in [9.17, 15) is 4.79 Å². The highest BCUT2D eigenvalue weighted by molar-refractivity contribution is 6.42. The van der Waals surface area contributed by atoms with Gasteiger partial charge in [-0.05, 0) is 48.7 Å². The smallest absolute Gasteiger partial charge is 0.338 e. The number of hydrogen-bond acceptors (Lipinski definition) is 7. The van der Waals surface area contributed by atoms with Crippen LogP contribution in [0.5, 0.6) is 11.5 Å². The third kappa shape index (κ3) is 5.23. The van der Waals surface area contributed by atoms with Crippen molar-refractivity contribution in [3.05, 3.63) is 75.2 Å². The van der Waals surface area contributed by atoms with E-state index >= 15 is 0 Å². The topological polar surface area (TPSA) is 87.5 Å². The molecule has 8 nitrogen and oxygen atoms in total. The number of ether oxygens (including phenoxy) is 3. The first-order valence-corrected chi connectivity index (χ1v) is 12.0. The fourth-order valence-electron chi connectivity index (χ4n) is 3.98. The zero-order chi connectivity index (χ0) is 24.9. The Morgan fingerprint density at radius 3 is 2.66 bits per heavy atom. The van der Waals surface area contributed by atoms with Gasteiger partial charge in [0.15, 0.2) is 11.5 Å². The monoisotopic (exact) mass is 516 g/mol. The Kier molecular flexibility index (Phi) is 7.83. The van der Waals surface area contributed by atoms with Crippen LogP contribution in [-0.4, -0.2) is 34.5 Å². The summed E-state index contributed by atoms with van der Waals surface area (Å²) in [7, 11) is 1.57. The Morgan fingerprint density at radius 2 is 1.94 bits per heavy atom. The number of allylic oxidation sites excluding steroid dienone is 1. The molecule has 0 saturated heterocycles. The van der Waals surface area contributed by atoms with Crippen LogP contribution in [0, 0.1) is 0 Å². The molecule has 0 aliphatic carbocycles. The van der Waals surface area contributed by atoms with E-state index in [0.29, 0.717) is 39.5 Å². The Bertz CT molecular complexity index is 1260. The Morgan fingerprint density at radius 1 is 1.11 bits per heavy atom. The molecule has 3 aromatic rings. The van der Waals surface area contributed by atoms with Gasteiger partial charge in [-0.25, -0.2) is 9.48 Å². The number of benzene rings is 2. The van der Waals surface area contributed by atoms with Crippen molar-refractivity contribution in [2.45, 2.75) is 39.3 Å². The van der Waals surface area contributed by atoms with Crippen LogP contribution in [0.1, 0.15) is 43.9 Å². The molecule has 0 amide bonds. The second-order valence-electron chi connectivity index (χ2n) is 7.87. The van der Waals surface area contributed by atoms with Crippen LogP contribution in [0.3, 0.4) is 0 Å². The number of esters is 1. The lowest BCUT2D eigenvalue weighted by molar-refractivity contribution is -0.139. The summed E-state index contributed by atoms with van der Waals surface area (Å²) in [5.74, 6) is 1.23. The number of halogens is 2. The van der Waals surface area contributed by atoms with Crippen LogP contribution < -0.4 is 14.8 Å². The van der Waals surface area contributed by atoms with Gasteiger partial charge in [-0.2, -0.15) is 10.1 Å². The van der Waals surface area contributed by atoms with E-state index in [-0.39, 0.29) is 13.2 Å². The van der Waals surface area contributed by atoms with E-state index in [1.165, 1.54) is 6.33 Å². The van der Waals surface area contributed by atoms with Crippen LogP contribution in [-0.2, 0) is 16.1 Å². The average molecular weight is 517 g/mol. The maximum atomic E-state index is 13.1. The van der Waals surface area contributed by atoms with E-state index < -0.39 is 12.0 Å². The third-order valence-corrected chi connectivity index (χ3v) is 6.30. The number of carbonyl (C=O) groups excluding carboxylic acids is 1. The summed E-state index contributed by atoms with van der Waals surface area (Å²) in [6, 6.07) is 10.3. The molecule has 0 fully saturated rings. The summed E-state index contributed by atoms with van der Waals surface area (Å²) in [6.07, 6.45) is 2.97. The molecule has 0 unspecified atom stereocenters. The SMILES string of the molecule is CCCC1=C(C(=O)OCC)[C@H](c2ccc(OCc3ccc(Cl)c(Cl)c3)c(OC)c2)n2ncnc2N1. The lowest BCUT2D eigenvalue weighted by Crippen LogP contribution is -2.30. The molecule has 4 rings (SSSR count). The molecule has 1 atom stereocenters. The maximum Gasteiger partial charge on any atom is 0.338 e. The van der Waals surface area contributed by atoms with Gasteiger partial charge in [0.1, 0.15) is 19.0 Å². The summed E-state index contributed by atoms with van der Waals surface area (Å²) in [6.45, 7) is 4.38. The molecular weight excluding hydrogens is 491 g/mol. The normalized spacial score (nSPS) is 14.8. The predicted octanol–water partition coefficient (Wildman–Crippen LogP) is 5.80. The second kappa shape index (κ2) is 11.0. The van der Waals surface area contributed by atoms with E-state index in [1.54, 1.807) is 30.8 Å². The highest BCUT2D eigenvalue weighted by atomic mass is 35.5. The third-order valence-electron chi connectivity index (χ3n) is 5.56. The number of methoxy groups -OCH3 is 1. The average Bonchev–Trinajstić information content (AvgIpc) is 3.32. The van der Waals surface area contributed by atoms with Crippen LogP contribution in [0.4, 0.5) is 5.95 Å². The Labute approximate surface area is 213 Å². The van der Waals surface area contributed by atoms with Gasteiger partial charge >= 0.3 is 5.97 Å². The van der Waals surface area contributed by atoms with E-state index in [4.69, 9.17) is 37.4 Å². The quantitative estimate of drug-likeness (QED) is 0.359. The molecule has 2 heterocycles. The highest BCUT2D eigenvalue weighted by Crippen LogP contribution is 2.40. The van der Waals surface area contributed by atoms with Crippen molar-refractivity contribution in [1.29, 1.82) is 0 Å². The molecule has 1 aliphatic heterocycles. The number of hydrogen-bond donors (Lipinski definition) is 1. The maximum absolute atomic E-state index is 13.1.